The summed E-state index contributed by atoms with van der Waals surface area (Å²) in [5.74, 6) is -0.0560. The van der Waals surface area contributed by atoms with Gasteiger partial charge >= 0.3 is 0 Å². The van der Waals surface area contributed by atoms with Crippen molar-refractivity contribution in [1.29, 1.82) is 0 Å². The first-order valence-electron chi connectivity index (χ1n) is 27.9. The molecule has 0 bridgehead atoms. The van der Waals surface area contributed by atoms with Gasteiger partial charge in [-0.1, -0.05) is 309 Å². The molecular formula is C56H111NO3. The molecule has 2 unspecified atom stereocenters. The highest BCUT2D eigenvalue weighted by atomic mass is 16.3. The number of carbonyl (C=O) groups excluding carboxylic acids is 1. The average Bonchev–Trinajstić information content (AvgIpc) is 3.25. The molecule has 0 heterocycles. The molecule has 60 heavy (non-hydrogen) atoms. The van der Waals surface area contributed by atoms with E-state index in [1.54, 1.807) is 6.08 Å². The van der Waals surface area contributed by atoms with E-state index in [4.69, 9.17) is 0 Å². The molecule has 0 aliphatic rings. The number of hydrogen-bond donors (Lipinski definition) is 3. The summed E-state index contributed by atoms with van der Waals surface area (Å²) in [6.45, 7) is 4.35. The number of amides is 1. The smallest absolute Gasteiger partial charge is 0.220 e. The summed E-state index contributed by atoms with van der Waals surface area (Å²) in [6, 6.07) is -0.618. The predicted octanol–water partition coefficient (Wildman–Crippen LogP) is 18.1. The van der Waals surface area contributed by atoms with Crippen LogP contribution in [0.1, 0.15) is 322 Å². The maximum atomic E-state index is 12.5. The van der Waals surface area contributed by atoms with Crippen LogP contribution < -0.4 is 5.32 Å². The monoisotopic (exact) mass is 846 g/mol. The summed E-state index contributed by atoms with van der Waals surface area (Å²) in [4.78, 5) is 12.5. The Morgan fingerprint density at radius 3 is 0.867 bits per heavy atom. The first-order chi connectivity index (χ1) is 29.7. The van der Waals surface area contributed by atoms with Crippen LogP contribution in [-0.2, 0) is 4.79 Å². The van der Waals surface area contributed by atoms with Crippen molar-refractivity contribution in [3.63, 3.8) is 0 Å². The van der Waals surface area contributed by atoms with Gasteiger partial charge in [-0.25, -0.2) is 0 Å². The van der Waals surface area contributed by atoms with Crippen molar-refractivity contribution in [3.8, 4) is 0 Å². The second-order valence-electron chi connectivity index (χ2n) is 19.4. The third kappa shape index (κ3) is 48.2. The van der Waals surface area contributed by atoms with Gasteiger partial charge in [0.2, 0.25) is 5.91 Å². The lowest BCUT2D eigenvalue weighted by Crippen LogP contribution is -2.45. The molecule has 0 spiro atoms. The van der Waals surface area contributed by atoms with E-state index in [0.29, 0.717) is 6.42 Å². The number of allylic oxidation sites excluding steroid dienone is 1. The van der Waals surface area contributed by atoms with E-state index in [1.165, 1.54) is 276 Å². The van der Waals surface area contributed by atoms with Gasteiger partial charge in [0.1, 0.15) is 0 Å². The quantitative estimate of drug-likeness (QED) is 0.0422. The highest BCUT2D eigenvalue weighted by Crippen LogP contribution is 2.18. The maximum Gasteiger partial charge on any atom is 0.220 e. The Balaban J connectivity index is 3.42. The lowest BCUT2D eigenvalue weighted by molar-refractivity contribution is -0.123. The molecule has 0 aliphatic heterocycles. The third-order valence-corrected chi connectivity index (χ3v) is 13.3. The SMILES string of the molecule is CCCCCCCCCCCCCCCCCC/C=C/C(O)C(CO)NC(=O)CCCCCCCCCCCCCCCCCCCCCCCCCCCCCCCC. The van der Waals surface area contributed by atoms with E-state index in [9.17, 15) is 15.0 Å². The predicted molar refractivity (Wildman–Crippen MR) is 267 cm³/mol. The summed E-state index contributed by atoms with van der Waals surface area (Å²) in [5.41, 5.74) is 0. The summed E-state index contributed by atoms with van der Waals surface area (Å²) in [6.07, 6.45) is 68.1. The number of aliphatic hydroxyl groups is 2. The van der Waals surface area contributed by atoms with Crippen molar-refractivity contribution >= 4 is 5.91 Å². The van der Waals surface area contributed by atoms with E-state index in [1.807, 2.05) is 6.08 Å². The van der Waals surface area contributed by atoms with Gasteiger partial charge < -0.3 is 15.5 Å². The Kier molecular flexibility index (Phi) is 51.7. The van der Waals surface area contributed by atoms with Crippen LogP contribution in [0.3, 0.4) is 0 Å². The van der Waals surface area contributed by atoms with E-state index in [0.717, 1.165) is 25.7 Å². The fourth-order valence-corrected chi connectivity index (χ4v) is 9.01. The van der Waals surface area contributed by atoms with Gasteiger partial charge in [0.25, 0.3) is 0 Å². The van der Waals surface area contributed by atoms with Crippen molar-refractivity contribution in [2.45, 2.75) is 334 Å². The van der Waals surface area contributed by atoms with Crippen LogP contribution in [0.5, 0.6) is 0 Å². The molecule has 0 saturated carbocycles. The Labute approximate surface area is 377 Å². The van der Waals surface area contributed by atoms with Gasteiger partial charge in [-0.2, -0.15) is 0 Å². The molecule has 0 aromatic carbocycles. The van der Waals surface area contributed by atoms with Crippen molar-refractivity contribution < 1.29 is 15.0 Å². The lowest BCUT2D eigenvalue weighted by Gasteiger charge is -2.20. The molecule has 1 amide bonds. The first-order valence-corrected chi connectivity index (χ1v) is 27.9. The van der Waals surface area contributed by atoms with Crippen LogP contribution >= 0.6 is 0 Å². The van der Waals surface area contributed by atoms with Crippen molar-refractivity contribution in [2.24, 2.45) is 0 Å². The van der Waals surface area contributed by atoms with Gasteiger partial charge in [0, 0.05) is 6.42 Å². The van der Waals surface area contributed by atoms with Crippen LogP contribution in [0.2, 0.25) is 0 Å². The zero-order chi connectivity index (χ0) is 43.5. The second kappa shape index (κ2) is 52.5. The molecule has 0 saturated heterocycles. The topological polar surface area (TPSA) is 69.6 Å². The maximum absolute atomic E-state index is 12.5. The molecular weight excluding hydrogens is 735 g/mol. The van der Waals surface area contributed by atoms with Crippen LogP contribution in [0.25, 0.3) is 0 Å². The molecule has 0 rings (SSSR count). The number of nitrogens with one attached hydrogen (secondary N) is 1. The highest BCUT2D eigenvalue weighted by Gasteiger charge is 2.18. The molecule has 2 atom stereocenters. The lowest BCUT2D eigenvalue weighted by atomic mass is 10.0. The fourth-order valence-electron chi connectivity index (χ4n) is 9.01. The van der Waals surface area contributed by atoms with Crippen molar-refractivity contribution in [2.75, 3.05) is 6.61 Å². The minimum atomic E-state index is -0.835. The molecule has 0 radical (unpaired) electrons. The van der Waals surface area contributed by atoms with Crippen molar-refractivity contribution in [1.82, 2.24) is 5.32 Å². The second-order valence-corrected chi connectivity index (χ2v) is 19.4. The number of rotatable bonds is 52. The molecule has 358 valence electrons. The van der Waals surface area contributed by atoms with Gasteiger partial charge in [-0.3, -0.25) is 4.79 Å². The van der Waals surface area contributed by atoms with Gasteiger partial charge in [0.15, 0.2) is 0 Å². The van der Waals surface area contributed by atoms with Crippen LogP contribution in [0.4, 0.5) is 0 Å². The Bertz CT molecular complexity index is 829. The van der Waals surface area contributed by atoms with Gasteiger partial charge in [-0.05, 0) is 19.3 Å². The first kappa shape index (κ1) is 59.1. The van der Waals surface area contributed by atoms with Crippen LogP contribution in [-0.4, -0.2) is 34.9 Å². The zero-order valence-corrected chi connectivity index (χ0v) is 41.3. The Hall–Kier alpha value is -0.870. The number of hydrogen-bond acceptors (Lipinski definition) is 3. The van der Waals surface area contributed by atoms with Crippen molar-refractivity contribution in [3.05, 3.63) is 12.2 Å². The summed E-state index contributed by atoms with van der Waals surface area (Å²) >= 11 is 0. The number of carbonyl (C=O) groups is 1. The Morgan fingerprint density at radius 2 is 0.617 bits per heavy atom. The molecule has 4 heteroatoms. The molecule has 4 nitrogen and oxygen atoms in total. The third-order valence-electron chi connectivity index (χ3n) is 13.3. The highest BCUT2D eigenvalue weighted by molar-refractivity contribution is 5.76. The minimum Gasteiger partial charge on any atom is -0.394 e. The van der Waals surface area contributed by atoms with E-state index >= 15 is 0 Å². The molecule has 0 fully saturated rings. The normalized spacial score (nSPS) is 12.8. The van der Waals surface area contributed by atoms with E-state index < -0.39 is 12.1 Å². The zero-order valence-electron chi connectivity index (χ0n) is 41.3. The standard InChI is InChI=1S/C56H111NO3/c1-3-5-7-9-11-13-15-17-19-21-23-24-25-26-27-28-29-30-31-32-33-34-36-38-40-42-44-46-48-50-52-56(60)57-54(53-58)55(59)51-49-47-45-43-41-39-37-35-22-20-18-16-14-12-10-8-6-4-2/h49,51,54-55,58-59H,3-48,50,52-53H2,1-2H3,(H,57,60)/b51-49+. The molecule has 0 aromatic rings. The molecule has 0 aromatic heterocycles. The fraction of sp³-hybridized carbons (Fsp3) is 0.946. The summed E-state index contributed by atoms with van der Waals surface area (Å²) in [5, 5.41) is 23.1. The molecule has 0 aliphatic carbocycles. The number of unbranched alkanes of at least 4 members (excludes halogenated alkanes) is 45. The van der Waals surface area contributed by atoms with Gasteiger partial charge in [-0.15, -0.1) is 0 Å². The molecule has 3 N–H and O–H groups in total. The van der Waals surface area contributed by atoms with E-state index in [2.05, 4.69) is 19.2 Å². The number of aliphatic hydroxyl groups excluding tert-OH is 2. The largest absolute Gasteiger partial charge is 0.394 e. The van der Waals surface area contributed by atoms with Gasteiger partial charge in [0.05, 0.1) is 18.8 Å². The Morgan fingerprint density at radius 1 is 0.383 bits per heavy atom. The minimum absolute atomic E-state index is 0.0560. The van der Waals surface area contributed by atoms with Crippen LogP contribution in [0.15, 0.2) is 12.2 Å². The summed E-state index contributed by atoms with van der Waals surface area (Å²) < 4.78 is 0. The van der Waals surface area contributed by atoms with E-state index in [-0.39, 0.29) is 12.5 Å². The average molecular weight is 847 g/mol. The summed E-state index contributed by atoms with van der Waals surface area (Å²) in [7, 11) is 0. The van der Waals surface area contributed by atoms with Crippen LogP contribution in [0, 0.1) is 0 Å².